The SMILES string of the molecule is O=C(Nc1ccccc1Cl)c1cc([N+](=O)[O-])c(Sc2c(Cl)cncc2Cl)s1. The highest BCUT2D eigenvalue weighted by molar-refractivity contribution is 8.01. The van der Waals surface area contributed by atoms with Gasteiger partial charge in [0.25, 0.3) is 11.6 Å². The Kier molecular flexibility index (Phi) is 6.23. The molecule has 0 radical (unpaired) electrons. The van der Waals surface area contributed by atoms with Gasteiger partial charge in [0, 0.05) is 18.5 Å². The van der Waals surface area contributed by atoms with Crippen LogP contribution in [0.5, 0.6) is 0 Å². The molecule has 1 aromatic carbocycles. The summed E-state index contributed by atoms with van der Waals surface area (Å²) in [6, 6.07) is 7.91. The van der Waals surface area contributed by atoms with Crippen molar-refractivity contribution in [2.75, 3.05) is 5.32 Å². The van der Waals surface area contributed by atoms with Crippen LogP contribution in [0, 0.1) is 10.1 Å². The van der Waals surface area contributed by atoms with Crippen molar-refractivity contribution in [1.29, 1.82) is 0 Å². The quantitative estimate of drug-likeness (QED) is 0.351. The number of para-hydroxylation sites is 1. The predicted octanol–water partition coefficient (Wildman–Crippen LogP) is 6.42. The molecule has 1 amide bonds. The van der Waals surface area contributed by atoms with Gasteiger partial charge in [-0.3, -0.25) is 19.9 Å². The van der Waals surface area contributed by atoms with E-state index >= 15 is 0 Å². The van der Waals surface area contributed by atoms with Crippen molar-refractivity contribution >= 4 is 75.2 Å². The molecule has 0 saturated carbocycles. The molecule has 11 heteroatoms. The molecule has 0 aliphatic rings. The van der Waals surface area contributed by atoms with Crippen molar-refractivity contribution in [3.8, 4) is 0 Å². The van der Waals surface area contributed by atoms with Crippen molar-refractivity contribution < 1.29 is 9.72 Å². The van der Waals surface area contributed by atoms with Crippen LogP contribution in [-0.2, 0) is 0 Å². The van der Waals surface area contributed by atoms with E-state index in [0.717, 1.165) is 23.1 Å². The molecule has 3 rings (SSSR count). The highest BCUT2D eigenvalue weighted by atomic mass is 35.5. The van der Waals surface area contributed by atoms with Gasteiger partial charge in [0.05, 0.1) is 30.6 Å². The fourth-order valence-corrected chi connectivity index (χ4v) is 4.95. The first kappa shape index (κ1) is 19.9. The van der Waals surface area contributed by atoms with Crippen LogP contribution in [0.2, 0.25) is 15.1 Å². The minimum absolute atomic E-state index is 0.158. The summed E-state index contributed by atoms with van der Waals surface area (Å²) in [4.78, 5) is 27.8. The number of hydrogen-bond acceptors (Lipinski definition) is 6. The molecular weight excluding hydrogens is 453 g/mol. The number of benzene rings is 1. The predicted molar refractivity (Wildman–Crippen MR) is 109 cm³/mol. The third-order valence-electron chi connectivity index (χ3n) is 3.23. The van der Waals surface area contributed by atoms with Gasteiger partial charge in [-0.05, 0) is 12.1 Å². The van der Waals surface area contributed by atoms with E-state index in [2.05, 4.69) is 10.3 Å². The van der Waals surface area contributed by atoms with Crippen molar-refractivity contribution in [3.63, 3.8) is 0 Å². The van der Waals surface area contributed by atoms with E-state index in [1.165, 1.54) is 18.5 Å². The Bertz CT molecular complexity index is 1020. The van der Waals surface area contributed by atoms with Gasteiger partial charge in [-0.1, -0.05) is 58.7 Å². The maximum absolute atomic E-state index is 12.5. The number of pyridine rings is 1. The summed E-state index contributed by atoms with van der Waals surface area (Å²) >= 11 is 20.2. The number of amides is 1. The van der Waals surface area contributed by atoms with Gasteiger partial charge in [0.1, 0.15) is 9.09 Å². The molecule has 0 bridgehead atoms. The van der Waals surface area contributed by atoms with Crippen LogP contribution in [0.3, 0.4) is 0 Å². The smallest absolute Gasteiger partial charge is 0.294 e. The van der Waals surface area contributed by atoms with Crippen LogP contribution in [-0.4, -0.2) is 15.8 Å². The second-order valence-electron chi connectivity index (χ2n) is 5.01. The van der Waals surface area contributed by atoms with E-state index < -0.39 is 10.8 Å². The summed E-state index contributed by atoms with van der Waals surface area (Å²) in [5.41, 5.74) is 0.202. The fourth-order valence-electron chi connectivity index (χ4n) is 2.01. The van der Waals surface area contributed by atoms with Crippen LogP contribution in [0.1, 0.15) is 9.67 Å². The van der Waals surface area contributed by atoms with Crippen LogP contribution >= 0.6 is 57.9 Å². The second kappa shape index (κ2) is 8.45. The summed E-state index contributed by atoms with van der Waals surface area (Å²) in [5.74, 6) is -0.505. The molecule has 0 unspecified atom stereocenters. The second-order valence-corrected chi connectivity index (χ2v) is 8.56. The third-order valence-corrected chi connectivity index (χ3v) is 6.81. The number of anilines is 1. The zero-order chi connectivity index (χ0) is 19.6. The number of carbonyl (C=O) groups excluding carboxylic acids is 1. The van der Waals surface area contributed by atoms with Crippen molar-refractivity contribution in [2.24, 2.45) is 0 Å². The molecule has 6 nitrogen and oxygen atoms in total. The molecule has 27 heavy (non-hydrogen) atoms. The molecule has 0 atom stereocenters. The van der Waals surface area contributed by atoms with Gasteiger partial charge in [-0.25, -0.2) is 0 Å². The maximum Gasteiger partial charge on any atom is 0.294 e. The Morgan fingerprint density at radius 2 is 1.81 bits per heavy atom. The molecule has 0 saturated heterocycles. The summed E-state index contributed by atoms with van der Waals surface area (Å²) in [6.45, 7) is 0. The number of rotatable bonds is 5. The number of hydrogen-bond donors (Lipinski definition) is 1. The molecule has 0 aliphatic heterocycles. The van der Waals surface area contributed by atoms with E-state index in [1.54, 1.807) is 24.3 Å². The molecule has 138 valence electrons. The van der Waals surface area contributed by atoms with Crippen LogP contribution in [0.4, 0.5) is 11.4 Å². The summed E-state index contributed by atoms with van der Waals surface area (Å²) in [5, 5.41) is 14.9. The first-order valence-corrected chi connectivity index (χ1v) is 9.94. The molecule has 2 aromatic heterocycles. The lowest BCUT2D eigenvalue weighted by Crippen LogP contribution is -2.10. The van der Waals surface area contributed by atoms with E-state index in [-0.39, 0.29) is 24.8 Å². The normalized spacial score (nSPS) is 10.6. The lowest BCUT2D eigenvalue weighted by Gasteiger charge is -2.05. The highest BCUT2D eigenvalue weighted by Crippen LogP contribution is 2.45. The largest absolute Gasteiger partial charge is 0.320 e. The van der Waals surface area contributed by atoms with Gasteiger partial charge >= 0.3 is 0 Å². The minimum Gasteiger partial charge on any atom is -0.320 e. The molecule has 0 spiro atoms. The maximum atomic E-state index is 12.5. The highest BCUT2D eigenvalue weighted by Gasteiger charge is 2.25. The Morgan fingerprint density at radius 1 is 1.15 bits per heavy atom. The number of thiophene rings is 1. The third kappa shape index (κ3) is 4.53. The van der Waals surface area contributed by atoms with E-state index in [1.807, 2.05) is 0 Å². The molecular formula is C16H8Cl3N3O3S2. The molecule has 0 aliphatic carbocycles. The minimum atomic E-state index is -0.561. The lowest BCUT2D eigenvalue weighted by molar-refractivity contribution is -0.387. The van der Waals surface area contributed by atoms with Crippen molar-refractivity contribution in [1.82, 2.24) is 4.98 Å². The Morgan fingerprint density at radius 3 is 2.44 bits per heavy atom. The lowest BCUT2D eigenvalue weighted by atomic mass is 10.3. The standard InChI is InChI=1S/C16H8Cl3N3O3S2/c17-8-3-1-2-4-11(8)21-15(23)13-5-12(22(24)25)16(26-13)27-14-9(18)6-20-7-10(14)19/h1-7H,(H,21,23). The number of halogens is 3. The number of nitrogens with one attached hydrogen (secondary N) is 1. The van der Waals surface area contributed by atoms with Gasteiger partial charge in [-0.2, -0.15) is 0 Å². The van der Waals surface area contributed by atoms with Crippen LogP contribution < -0.4 is 5.32 Å². The zero-order valence-corrected chi connectivity index (χ0v) is 17.0. The Labute approximate surface area is 176 Å². The zero-order valence-electron chi connectivity index (χ0n) is 13.1. The number of nitrogens with zero attached hydrogens (tertiary/aromatic N) is 2. The topological polar surface area (TPSA) is 85.1 Å². The average molecular weight is 461 g/mol. The van der Waals surface area contributed by atoms with Crippen molar-refractivity contribution in [3.05, 3.63) is 72.8 Å². The molecule has 2 heterocycles. The fraction of sp³-hybridized carbons (Fsp3) is 0. The first-order valence-electron chi connectivity index (χ1n) is 7.17. The number of nitro groups is 1. The molecule has 3 aromatic rings. The number of aromatic nitrogens is 1. The van der Waals surface area contributed by atoms with Crippen LogP contribution in [0.15, 0.2) is 51.8 Å². The molecule has 1 N–H and O–H groups in total. The van der Waals surface area contributed by atoms with E-state index in [4.69, 9.17) is 34.8 Å². The van der Waals surface area contributed by atoms with Gasteiger partial charge in [-0.15, -0.1) is 11.3 Å². The van der Waals surface area contributed by atoms with Gasteiger partial charge in [0.2, 0.25) is 0 Å². The van der Waals surface area contributed by atoms with E-state index in [0.29, 0.717) is 15.6 Å². The average Bonchev–Trinajstić information content (AvgIpc) is 3.05. The summed E-state index contributed by atoms with van der Waals surface area (Å²) in [7, 11) is 0. The van der Waals surface area contributed by atoms with Gasteiger partial charge < -0.3 is 5.32 Å². The summed E-state index contributed by atoms with van der Waals surface area (Å²) in [6.07, 6.45) is 2.78. The Hall–Kier alpha value is -1.84. The van der Waals surface area contributed by atoms with E-state index in [9.17, 15) is 14.9 Å². The Balaban J connectivity index is 1.92. The molecule has 0 fully saturated rings. The number of carbonyl (C=O) groups is 1. The monoisotopic (exact) mass is 459 g/mol. The van der Waals surface area contributed by atoms with Crippen LogP contribution in [0.25, 0.3) is 0 Å². The summed E-state index contributed by atoms with van der Waals surface area (Å²) < 4.78 is 0.277. The van der Waals surface area contributed by atoms with Gasteiger partial charge in [0.15, 0.2) is 0 Å². The van der Waals surface area contributed by atoms with Crippen molar-refractivity contribution in [2.45, 2.75) is 9.10 Å². The first-order chi connectivity index (χ1) is 12.9.